The topological polar surface area (TPSA) is 401 Å². The Morgan fingerprint density at radius 1 is 0.897 bits per heavy atom. The summed E-state index contributed by atoms with van der Waals surface area (Å²) in [4.78, 5) is 71.8. The number of hydrogen-bond acceptors (Lipinski definition) is 29. The molecule has 97 heavy (non-hydrogen) atoms. The van der Waals surface area contributed by atoms with Gasteiger partial charge in [0.2, 0.25) is 23.1 Å². The van der Waals surface area contributed by atoms with Crippen LogP contribution in [-0.2, 0) is 61.9 Å². The summed E-state index contributed by atoms with van der Waals surface area (Å²) < 4.78 is 72.4. The Hall–Kier alpha value is -4.39. The second kappa shape index (κ2) is 36.5. The molecule has 4 heterocycles. The number of amides is 2. The third kappa shape index (κ3) is 20.0. The zero-order valence-corrected chi connectivity index (χ0v) is 60.6. The van der Waals surface area contributed by atoms with Crippen molar-refractivity contribution in [2.45, 2.75) is 213 Å². The lowest BCUT2D eigenvalue weighted by Crippen LogP contribution is -2.65. The molecule has 1 aromatic rings. The number of carbonyl (C=O) groups excluding carboxylic acids is 4. The number of nitrogens with one attached hydrogen (secondary N) is 4. The number of aliphatic carboxylic acids is 1. The SMILES string of the molecule is CCN[C@H]1CO[C@@H](O[C@H]2[C@H](O[C@H]3C#C/C=C\C#C[C@]4(O)CC(=O)C(NC(=O)OC)=C3/C4=C\CSSC(C)(C)CCNC(=O)CC[C@H](N)C(=O)O)O[C@H](C)[C@@H](NO[C@H]3C[C@H](O)[C@H](SC(=O)c4c(C)c(I)c(O[C@@H]5O[C@@H](C)[C@H](O)[C@@H](OC)[C@H]5O)c(OC)c4OC)[C@@H](C)O3)[C@H]2O)C[C@@H]1OC. The summed E-state index contributed by atoms with van der Waals surface area (Å²) in [5.41, 5.74) is 6.47. The fraction of sp³-hybridized carbons (Fsp3) is 0.672. The fourth-order valence-corrected chi connectivity index (χ4v) is 15.9. The van der Waals surface area contributed by atoms with E-state index in [-0.39, 0.29) is 96.2 Å². The minimum atomic E-state index is -2.18. The van der Waals surface area contributed by atoms with Crippen LogP contribution in [0.5, 0.6) is 17.2 Å². The number of aliphatic hydroxyl groups is 5. The number of allylic oxidation sites excluding steroid dienone is 3. The van der Waals surface area contributed by atoms with E-state index in [1.807, 2.05) is 43.4 Å². The third-order valence-electron chi connectivity index (χ3n) is 17.0. The normalized spacial score (nSPS) is 33.1. The van der Waals surface area contributed by atoms with Gasteiger partial charge in [0.25, 0.3) is 0 Å². The Morgan fingerprint density at radius 3 is 2.27 bits per heavy atom. The number of ether oxygens (including phenoxy) is 12. The van der Waals surface area contributed by atoms with Crippen LogP contribution in [0.4, 0.5) is 4.79 Å². The molecule has 540 valence electrons. The highest BCUT2D eigenvalue weighted by molar-refractivity contribution is 14.1. The molecule has 1 aromatic carbocycles. The maximum absolute atomic E-state index is 14.5. The van der Waals surface area contributed by atoms with Gasteiger partial charge in [0, 0.05) is 61.7 Å². The van der Waals surface area contributed by atoms with Gasteiger partial charge in [-0.2, -0.15) is 5.48 Å². The van der Waals surface area contributed by atoms with Crippen molar-refractivity contribution < 1.29 is 116 Å². The van der Waals surface area contributed by atoms with E-state index in [0.717, 1.165) is 18.9 Å². The van der Waals surface area contributed by atoms with E-state index in [0.29, 0.717) is 22.1 Å². The van der Waals surface area contributed by atoms with Crippen molar-refractivity contribution in [2.24, 2.45) is 5.73 Å². The number of carboxylic acid groups (broad SMARTS) is 1. The van der Waals surface area contributed by atoms with Crippen molar-refractivity contribution in [3.8, 4) is 40.9 Å². The highest BCUT2D eigenvalue weighted by Gasteiger charge is 2.52. The predicted octanol–water partition coefficient (Wildman–Crippen LogP) is 2.40. The summed E-state index contributed by atoms with van der Waals surface area (Å²) in [5, 5.41) is 75.1. The molecule has 4 fully saturated rings. The van der Waals surface area contributed by atoms with Gasteiger partial charge < -0.3 is 104 Å². The van der Waals surface area contributed by atoms with Gasteiger partial charge in [-0.25, -0.2) is 4.79 Å². The number of ketones is 1. The van der Waals surface area contributed by atoms with Crippen LogP contribution >= 0.6 is 55.9 Å². The molecule has 29 nitrogen and oxygen atoms in total. The standard InChI is InChI=1S/C64H90IN5O24S3/c1-13-67-36-29-87-42(27-40(36)82-8)92-55-50(75)47(70-94-43-26-37(71)57(33(5)88-43)96-59(79)44-30(2)46(65)53(56(85-11)52(44)83-9)93-60-51(76)54(84-10)49(74)32(4)90-60)31(3)89-61(55)91-39-18-16-14-15-17-22-64(81)28-38(72)48(69-62(80)86-12)45(39)34(64)21-25-95-97-63(6,7)23-24-68-41(73)20-19-35(66)58(77)78/h14-15,21,31-33,35-37,39-40,42-43,47,49-51,54-55,57,60-61,67,70-71,74-76,81H,13,19-20,23-29,66H2,1-12H3,(H,68,73)(H,69,80)(H,77,78)/b15-14-,34-21+/t31-,32+,33-,35+,36+,37+,39+,40+,42+,43+,47-,49+,50-,51-,54-,55-,57-,60+,61+,64+/m1/s1. The number of fused-ring (bicyclic) bond motifs is 2. The highest BCUT2D eigenvalue weighted by Crippen LogP contribution is 2.49. The van der Waals surface area contributed by atoms with Crippen LogP contribution in [0.2, 0.25) is 0 Å². The number of carbonyl (C=O) groups is 5. The zero-order valence-electron chi connectivity index (χ0n) is 56.0. The number of nitrogens with two attached hydrogens (primary N) is 1. The third-order valence-corrected chi connectivity index (χ3v) is 22.9. The number of carboxylic acids is 1. The monoisotopic (exact) mass is 1540 g/mol. The number of methoxy groups -OCH3 is 5. The molecule has 0 radical (unpaired) electrons. The summed E-state index contributed by atoms with van der Waals surface area (Å²) in [6.07, 6.45) is -14.3. The molecule has 12 N–H and O–H groups in total. The summed E-state index contributed by atoms with van der Waals surface area (Å²) in [7, 11) is 9.57. The fourth-order valence-electron chi connectivity index (χ4n) is 11.7. The van der Waals surface area contributed by atoms with E-state index < -0.39 is 149 Å². The van der Waals surface area contributed by atoms with Crippen LogP contribution in [0.25, 0.3) is 0 Å². The summed E-state index contributed by atoms with van der Waals surface area (Å²) in [5.74, 6) is 9.51. The Labute approximate surface area is 589 Å². The van der Waals surface area contributed by atoms with Gasteiger partial charge in [0.05, 0.1) is 97.0 Å². The lowest BCUT2D eigenvalue weighted by Gasteiger charge is -2.46. The summed E-state index contributed by atoms with van der Waals surface area (Å²) >= 11 is 2.80. The smallest absolute Gasteiger partial charge is 0.411 e. The molecule has 0 aromatic heterocycles. The first kappa shape index (κ1) is 79.9. The molecular formula is C64H90IN5O24S3. The number of thioether (sulfide) groups is 1. The van der Waals surface area contributed by atoms with Crippen molar-refractivity contribution in [2.75, 3.05) is 61.0 Å². The first-order valence-corrected chi connectivity index (χ1v) is 35.8. The molecule has 4 saturated heterocycles. The number of alkyl carbamates (subject to hydrolysis) is 1. The van der Waals surface area contributed by atoms with E-state index >= 15 is 0 Å². The lowest BCUT2D eigenvalue weighted by atomic mass is 9.75. The summed E-state index contributed by atoms with van der Waals surface area (Å²) in [6, 6.07) is -2.52. The Balaban J connectivity index is 1.11. The molecule has 2 amide bonds. The molecule has 2 aliphatic carbocycles. The van der Waals surface area contributed by atoms with E-state index in [1.165, 1.54) is 55.1 Å². The largest absolute Gasteiger partial charge is 0.492 e. The molecule has 33 heteroatoms. The molecule has 20 atom stereocenters. The van der Waals surface area contributed by atoms with Crippen molar-refractivity contribution in [1.29, 1.82) is 0 Å². The average molecular weight is 1540 g/mol. The number of Topliss-reactive ketones (excluding diaryl/α,β-unsaturated/α-hetero) is 1. The second-order valence-electron chi connectivity index (χ2n) is 24.3. The van der Waals surface area contributed by atoms with Crippen LogP contribution in [0.3, 0.4) is 0 Å². The van der Waals surface area contributed by atoms with Crippen molar-refractivity contribution in [1.82, 2.24) is 21.4 Å². The first-order valence-electron chi connectivity index (χ1n) is 31.5. The lowest BCUT2D eigenvalue weighted by molar-refractivity contribution is -0.336. The van der Waals surface area contributed by atoms with Gasteiger partial charge in [0.15, 0.2) is 41.8 Å². The number of aliphatic hydroxyl groups excluding tert-OH is 4. The number of halogens is 1. The molecule has 0 saturated carbocycles. The Kier molecular flexibility index (Phi) is 30.1. The Bertz CT molecular complexity index is 3170. The molecule has 2 bridgehead atoms. The van der Waals surface area contributed by atoms with Gasteiger partial charge >= 0.3 is 12.1 Å². The van der Waals surface area contributed by atoms with E-state index in [1.54, 1.807) is 40.9 Å². The van der Waals surface area contributed by atoms with Gasteiger partial charge in [-0.15, -0.1) is 0 Å². The quantitative estimate of drug-likeness (QED) is 0.0180. The van der Waals surface area contributed by atoms with Crippen LogP contribution < -0.4 is 41.4 Å². The number of hydroxylamine groups is 1. The van der Waals surface area contributed by atoms with Crippen LogP contribution in [0.15, 0.2) is 35.1 Å². The van der Waals surface area contributed by atoms with Crippen LogP contribution in [0, 0.1) is 34.2 Å². The first-order chi connectivity index (χ1) is 46.0. The second-order valence-corrected chi connectivity index (χ2v) is 29.5. The van der Waals surface area contributed by atoms with Crippen molar-refractivity contribution in [3.05, 3.63) is 49.8 Å². The van der Waals surface area contributed by atoms with Crippen LogP contribution in [-0.4, -0.2) is 247 Å². The van der Waals surface area contributed by atoms with Gasteiger partial charge in [-0.1, -0.05) is 70.0 Å². The Morgan fingerprint density at radius 2 is 1.61 bits per heavy atom. The average Bonchev–Trinajstić information content (AvgIpc) is 0.766. The summed E-state index contributed by atoms with van der Waals surface area (Å²) in [6.45, 7) is 13.5. The van der Waals surface area contributed by atoms with E-state index in [9.17, 15) is 49.5 Å². The van der Waals surface area contributed by atoms with Crippen molar-refractivity contribution >= 4 is 84.8 Å². The van der Waals surface area contributed by atoms with E-state index in [4.69, 9.17) is 72.5 Å². The number of likely N-dealkylation sites (N-methyl/N-ethyl adjacent to an activating group) is 1. The number of rotatable bonds is 29. The zero-order chi connectivity index (χ0) is 71.2. The minimum absolute atomic E-state index is 0.00858. The minimum Gasteiger partial charge on any atom is -0.492 e. The molecule has 4 aliphatic heterocycles. The maximum Gasteiger partial charge on any atom is 0.411 e. The molecular weight excluding hydrogens is 1450 g/mol. The molecule has 0 unspecified atom stereocenters. The molecule has 0 spiro atoms. The van der Waals surface area contributed by atoms with Gasteiger partial charge in [-0.05, 0) is 101 Å². The van der Waals surface area contributed by atoms with E-state index in [2.05, 4.69) is 45.1 Å². The predicted molar refractivity (Wildman–Crippen MR) is 363 cm³/mol. The van der Waals surface area contributed by atoms with Gasteiger partial charge in [-0.3, -0.25) is 29.3 Å². The number of hydrogen-bond donors (Lipinski definition) is 11. The highest BCUT2D eigenvalue weighted by atomic mass is 127. The maximum atomic E-state index is 14.5. The van der Waals surface area contributed by atoms with Crippen LogP contribution in [0.1, 0.15) is 96.0 Å². The van der Waals surface area contributed by atoms with Crippen molar-refractivity contribution in [3.63, 3.8) is 0 Å². The molecule has 6 aliphatic rings. The van der Waals surface area contributed by atoms with Gasteiger partial charge in [0.1, 0.15) is 42.7 Å². The number of benzene rings is 1. The molecule has 7 rings (SSSR count).